The van der Waals surface area contributed by atoms with E-state index in [0.29, 0.717) is 17.7 Å². The molecule has 0 aliphatic carbocycles. The van der Waals surface area contributed by atoms with Crippen LogP contribution in [0.4, 0.5) is 0 Å². The number of hydrogen-bond donors (Lipinski definition) is 2. The quantitative estimate of drug-likeness (QED) is 0.781. The Morgan fingerprint density at radius 1 is 1.14 bits per heavy atom. The third-order valence-corrected chi connectivity index (χ3v) is 4.53. The molecule has 2 N–H and O–H groups in total. The number of methoxy groups -OCH3 is 1. The largest absolute Gasteiger partial charge is 0.497 e. The van der Waals surface area contributed by atoms with Gasteiger partial charge >= 0.3 is 0 Å². The first-order valence-corrected chi connectivity index (χ1v) is 8.17. The van der Waals surface area contributed by atoms with E-state index in [-0.39, 0.29) is 11.8 Å². The number of hydrogen-bond acceptors (Lipinski definition) is 4. The van der Waals surface area contributed by atoms with E-state index in [0.717, 1.165) is 15.1 Å². The number of aryl methyl sites for hydroxylation is 1. The van der Waals surface area contributed by atoms with Crippen molar-refractivity contribution < 1.29 is 14.3 Å². The summed E-state index contributed by atoms with van der Waals surface area (Å²) >= 11 is 4.59. The third kappa shape index (κ3) is 4.85. The topological polar surface area (TPSA) is 67.4 Å². The molecule has 0 fully saturated rings. The summed E-state index contributed by atoms with van der Waals surface area (Å²) in [5.41, 5.74) is 5.84. The van der Waals surface area contributed by atoms with Crippen molar-refractivity contribution >= 4 is 39.1 Å². The SMILES string of the molecule is COc1ccc(CCC(=O)NNC(=O)c2ccc(Br)s2)cc1. The van der Waals surface area contributed by atoms with Gasteiger partial charge in [0, 0.05) is 6.42 Å². The lowest BCUT2D eigenvalue weighted by Crippen LogP contribution is -2.41. The zero-order valence-corrected chi connectivity index (χ0v) is 14.3. The van der Waals surface area contributed by atoms with Crippen LogP contribution in [0.25, 0.3) is 0 Å². The molecule has 0 atom stereocenters. The van der Waals surface area contributed by atoms with Crippen LogP contribution in [0.5, 0.6) is 5.75 Å². The Kier molecular flexibility index (Phi) is 5.97. The van der Waals surface area contributed by atoms with Gasteiger partial charge in [-0.05, 0) is 52.2 Å². The highest BCUT2D eigenvalue weighted by Gasteiger charge is 2.09. The van der Waals surface area contributed by atoms with Gasteiger partial charge < -0.3 is 4.74 Å². The summed E-state index contributed by atoms with van der Waals surface area (Å²) in [6, 6.07) is 11.0. The van der Waals surface area contributed by atoms with E-state index in [2.05, 4.69) is 26.8 Å². The molecule has 0 aliphatic rings. The molecular formula is C15H15BrN2O3S. The average molecular weight is 383 g/mol. The number of nitrogens with one attached hydrogen (secondary N) is 2. The Balaban J connectivity index is 1.74. The van der Waals surface area contributed by atoms with Gasteiger partial charge in [0.25, 0.3) is 5.91 Å². The van der Waals surface area contributed by atoms with Crippen LogP contribution in [-0.4, -0.2) is 18.9 Å². The molecule has 2 aromatic rings. The minimum absolute atomic E-state index is 0.236. The number of hydrazine groups is 1. The van der Waals surface area contributed by atoms with E-state index in [4.69, 9.17) is 4.74 Å². The van der Waals surface area contributed by atoms with Crippen molar-refractivity contribution in [1.82, 2.24) is 10.9 Å². The summed E-state index contributed by atoms with van der Waals surface area (Å²) in [5, 5.41) is 0. The van der Waals surface area contributed by atoms with Crippen molar-refractivity contribution in [3.05, 3.63) is 50.6 Å². The molecule has 1 aromatic heterocycles. The van der Waals surface area contributed by atoms with Crippen LogP contribution in [0.1, 0.15) is 21.7 Å². The van der Waals surface area contributed by atoms with Gasteiger partial charge in [0.1, 0.15) is 5.75 Å². The molecule has 1 aromatic carbocycles. The number of ether oxygens (including phenoxy) is 1. The maximum atomic E-state index is 11.8. The molecule has 2 amide bonds. The van der Waals surface area contributed by atoms with Crippen LogP contribution in [0.15, 0.2) is 40.2 Å². The number of amides is 2. The normalized spacial score (nSPS) is 10.1. The van der Waals surface area contributed by atoms with Gasteiger partial charge in [-0.15, -0.1) is 11.3 Å². The second-order valence-electron chi connectivity index (χ2n) is 4.45. The lowest BCUT2D eigenvalue weighted by molar-refractivity contribution is -0.121. The van der Waals surface area contributed by atoms with Gasteiger partial charge in [-0.3, -0.25) is 20.4 Å². The summed E-state index contributed by atoms with van der Waals surface area (Å²) in [6.45, 7) is 0. The van der Waals surface area contributed by atoms with E-state index in [1.165, 1.54) is 11.3 Å². The fraction of sp³-hybridized carbons (Fsp3) is 0.200. The maximum absolute atomic E-state index is 11.8. The molecule has 0 bridgehead atoms. The van der Waals surface area contributed by atoms with E-state index in [9.17, 15) is 9.59 Å². The molecule has 0 radical (unpaired) electrons. The van der Waals surface area contributed by atoms with E-state index in [1.807, 2.05) is 24.3 Å². The van der Waals surface area contributed by atoms with Gasteiger partial charge in [-0.25, -0.2) is 0 Å². The van der Waals surface area contributed by atoms with Crippen LogP contribution in [0.3, 0.4) is 0 Å². The average Bonchev–Trinajstić information content (AvgIpc) is 2.97. The highest BCUT2D eigenvalue weighted by atomic mass is 79.9. The molecule has 2 rings (SSSR count). The Labute approximate surface area is 140 Å². The number of halogens is 1. The Morgan fingerprint density at radius 3 is 2.45 bits per heavy atom. The van der Waals surface area contributed by atoms with Crippen molar-refractivity contribution in [2.24, 2.45) is 0 Å². The molecule has 0 spiro atoms. The van der Waals surface area contributed by atoms with Crippen LogP contribution >= 0.6 is 27.3 Å². The Hall–Kier alpha value is -1.86. The number of thiophene rings is 1. The first kappa shape index (κ1) is 16.5. The van der Waals surface area contributed by atoms with E-state index >= 15 is 0 Å². The Morgan fingerprint density at radius 2 is 1.86 bits per heavy atom. The Bertz CT molecular complexity index is 655. The molecule has 1 heterocycles. The zero-order valence-electron chi connectivity index (χ0n) is 11.9. The molecule has 0 aliphatic heterocycles. The summed E-state index contributed by atoms with van der Waals surface area (Å²) in [7, 11) is 1.61. The monoisotopic (exact) mass is 382 g/mol. The number of benzene rings is 1. The number of carbonyl (C=O) groups is 2. The number of rotatable bonds is 5. The molecule has 0 unspecified atom stereocenters. The molecule has 7 heteroatoms. The van der Waals surface area contributed by atoms with Crippen molar-refractivity contribution in [1.29, 1.82) is 0 Å². The van der Waals surface area contributed by atoms with Crippen molar-refractivity contribution in [3.8, 4) is 5.75 Å². The van der Waals surface area contributed by atoms with Crippen molar-refractivity contribution in [2.75, 3.05) is 7.11 Å². The summed E-state index contributed by atoms with van der Waals surface area (Å²) in [6.07, 6.45) is 0.886. The van der Waals surface area contributed by atoms with Crippen LogP contribution in [-0.2, 0) is 11.2 Å². The summed E-state index contributed by atoms with van der Waals surface area (Å²) in [4.78, 5) is 24.0. The highest BCUT2D eigenvalue weighted by molar-refractivity contribution is 9.11. The maximum Gasteiger partial charge on any atom is 0.279 e. The molecule has 0 saturated carbocycles. The first-order valence-electron chi connectivity index (χ1n) is 6.56. The van der Waals surface area contributed by atoms with Crippen molar-refractivity contribution in [3.63, 3.8) is 0 Å². The molecule has 0 saturated heterocycles. The predicted molar refractivity (Wildman–Crippen MR) is 88.9 cm³/mol. The minimum atomic E-state index is -0.325. The van der Waals surface area contributed by atoms with E-state index < -0.39 is 0 Å². The molecular weight excluding hydrogens is 368 g/mol. The van der Waals surface area contributed by atoms with Crippen molar-refractivity contribution in [2.45, 2.75) is 12.8 Å². The van der Waals surface area contributed by atoms with Gasteiger partial charge in [0.05, 0.1) is 15.8 Å². The third-order valence-electron chi connectivity index (χ3n) is 2.91. The predicted octanol–water partition coefficient (Wildman–Crippen LogP) is 2.91. The minimum Gasteiger partial charge on any atom is -0.497 e. The molecule has 116 valence electrons. The second kappa shape index (κ2) is 7.95. The van der Waals surface area contributed by atoms with Gasteiger partial charge in [0.2, 0.25) is 5.91 Å². The fourth-order valence-electron chi connectivity index (χ4n) is 1.74. The van der Waals surface area contributed by atoms with Gasteiger partial charge in [0.15, 0.2) is 0 Å². The highest BCUT2D eigenvalue weighted by Crippen LogP contribution is 2.21. The standard InChI is InChI=1S/C15H15BrN2O3S/c1-21-11-5-2-10(3-6-11)4-9-14(19)17-18-15(20)12-7-8-13(16)22-12/h2-3,5-8H,4,9H2,1H3,(H,17,19)(H,18,20). The first-order chi connectivity index (χ1) is 10.6. The van der Waals surface area contributed by atoms with Gasteiger partial charge in [-0.2, -0.15) is 0 Å². The lowest BCUT2D eigenvalue weighted by atomic mass is 10.1. The zero-order chi connectivity index (χ0) is 15.9. The fourth-order valence-corrected chi connectivity index (χ4v) is 3.02. The summed E-state index contributed by atoms with van der Waals surface area (Å²) in [5.74, 6) is 0.218. The van der Waals surface area contributed by atoms with Crippen LogP contribution in [0, 0.1) is 0 Å². The second-order valence-corrected chi connectivity index (χ2v) is 6.92. The summed E-state index contributed by atoms with van der Waals surface area (Å²) < 4.78 is 5.94. The lowest BCUT2D eigenvalue weighted by Gasteiger charge is -2.06. The van der Waals surface area contributed by atoms with Crippen LogP contribution < -0.4 is 15.6 Å². The molecule has 22 heavy (non-hydrogen) atoms. The van der Waals surface area contributed by atoms with Crippen LogP contribution in [0.2, 0.25) is 0 Å². The van der Waals surface area contributed by atoms with E-state index in [1.54, 1.807) is 19.2 Å². The van der Waals surface area contributed by atoms with Gasteiger partial charge in [-0.1, -0.05) is 12.1 Å². The smallest absolute Gasteiger partial charge is 0.279 e. The number of carbonyl (C=O) groups excluding carboxylic acids is 2. The molecule has 5 nitrogen and oxygen atoms in total.